The third-order valence-corrected chi connectivity index (χ3v) is 7.82. The summed E-state index contributed by atoms with van der Waals surface area (Å²) in [6.07, 6.45) is 4.46. The van der Waals surface area contributed by atoms with Gasteiger partial charge in [-0.05, 0) is 37.1 Å². The Bertz CT molecular complexity index is 1230. The maximum absolute atomic E-state index is 13.4. The molecular formula is C23H25N5O3S. The van der Waals surface area contributed by atoms with Crippen LogP contribution in [0.2, 0.25) is 0 Å². The fraction of sp³-hybridized carbons (Fsp3) is 0.348. The number of benzene rings is 1. The fourth-order valence-corrected chi connectivity index (χ4v) is 5.73. The number of ether oxygens (including phenoxy) is 1. The summed E-state index contributed by atoms with van der Waals surface area (Å²) in [7, 11) is -2.14. The number of hydrogen-bond acceptors (Lipinski definition) is 7. The zero-order chi connectivity index (χ0) is 22.1. The molecule has 2 aromatic heterocycles. The van der Waals surface area contributed by atoms with E-state index in [0.717, 1.165) is 48.7 Å². The molecule has 8 nitrogen and oxygen atoms in total. The molecule has 0 radical (unpaired) electrons. The van der Waals surface area contributed by atoms with Crippen LogP contribution >= 0.6 is 0 Å². The molecule has 5 rings (SSSR count). The van der Waals surface area contributed by atoms with E-state index in [1.165, 1.54) is 11.4 Å². The molecular weight excluding hydrogens is 426 g/mol. The van der Waals surface area contributed by atoms with Gasteiger partial charge in [0.2, 0.25) is 10.0 Å². The molecule has 0 unspecified atom stereocenters. The predicted octanol–water partition coefficient (Wildman–Crippen LogP) is 2.89. The van der Waals surface area contributed by atoms with Crippen LogP contribution in [0.5, 0.6) is 5.75 Å². The Morgan fingerprint density at radius 2 is 1.84 bits per heavy atom. The van der Waals surface area contributed by atoms with Gasteiger partial charge in [-0.3, -0.25) is 4.98 Å². The van der Waals surface area contributed by atoms with Gasteiger partial charge in [-0.15, -0.1) is 0 Å². The molecule has 0 N–H and O–H groups in total. The van der Waals surface area contributed by atoms with Crippen molar-refractivity contribution in [3.8, 4) is 17.3 Å². The molecule has 9 heteroatoms. The minimum Gasteiger partial charge on any atom is -0.497 e. The van der Waals surface area contributed by atoms with Crippen molar-refractivity contribution in [3.05, 3.63) is 59.9 Å². The van der Waals surface area contributed by atoms with Gasteiger partial charge >= 0.3 is 0 Å². The molecule has 2 aliphatic rings. The fourth-order valence-electron chi connectivity index (χ4n) is 4.29. The molecule has 3 aromatic rings. The topological polar surface area (TPSA) is 88.5 Å². The number of sulfonamides is 1. The van der Waals surface area contributed by atoms with Crippen LogP contribution in [0.25, 0.3) is 11.5 Å². The zero-order valence-corrected chi connectivity index (χ0v) is 18.8. The van der Waals surface area contributed by atoms with E-state index < -0.39 is 10.0 Å². The van der Waals surface area contributed by atoms with E-state index in [-0.39, 0.29) is 11.4 Å². The Balaban J connectivity index is 1.54. The van der Waals surface area contributed by atoms with Crippen LogP contribution < -0.4 is 9.64 Å². The molecule has 1 fully saturated rings. The van der Waals surface area contributed by atoms with Gasteiger partial charge in [0.1, 0.15) is 17.3 Å². The van der Waals surface area contributed by atoms with E-state index in [4.69, 9.17) is 14.7 Å². The highest BCUT2D eigenvalue weighted by Gasteiger charge is 2.33. The zero-order valence-electron chi connectivity index (χ0n) is 17.9. The van der Waals surface area contributed by atoms with E-state index in [1.54, 1.807) is 30.5 Å². The maximum atomic E-state index is 13.4. The summed E-state index contributed by atoms with van der Waals surface area (Å²) in [5.74, 6) is 1.94. The SMILES string of the molecule is COc1cccc(S(=O)(=O)N2CCc3nc(-c4ccccn4)nc(N4CCCC4)c3C2)c1. The lowest BCUT2D eigenvalue weighted by Gasteiger charge is -2.31. The third-order valence-electron chi connectivity index (χ3n) is 5.98. The number of pyridine rings is 1. The van der Waals surface area contributed by atoms with E-state index in [0.29, 0.717) is 24.5 Å². The summed E-state index contributed by atoms with van der Waals surface area (Å²) in [6.45, 7) is 2.44. The van der Waals surface area contributed by atoms with Crippen LogP contribution in [0.4, 0.5) is 5.82 Å². The maximum Gasteiger partial charge on any atom is 0.243 e. The first-order chi connectivity index (χ1) is 15.6. The van der Waals surface area contributed by atoms with E-state index in [2.05, 4.69) is 9.88 Å². The molecule has 1 saturated heterocycles. The van der Waals surface area contributed by atoms with Crippen LogP contribution in [-0.2, 0) is 23.0 Å². The number of anilines is 1. The summed E-state index contributed by atoms with van der Waals surface area (Å²) < 4.78 is 33.5. The van der Waals surface area contributed by atoms with Crippen LogP contribution in [0, 0.1) is 0 Å². The lowest BCUT2D eigenvalue weighted by molar-refractivity contribution is 0.385. The van der Waals surface area contributed by atoms with Crippen molar-refractivity contribution in [1.29, 1.82) is 0 Å². The number of fused-ring (bicyclic) bond motifs is 1. The van der Waals surface area contributed by atoms with Crippen LogP contribution in [0.1, 0.15) is 24.1 Å². The average molecular weight is 452 g/mol. The number of rotatable bonds is 5. The molecule has 1 aromatic carbocycles. The Labute approximate surface area is 188 Å². The highest BCUT2D eigenvalue weighted by Crippen LogP contribution is 2.33. The first kappa shape index (κ1) is 20.8. The van der Waals surface area contributed by atoms with Crippen molar-refractivity contribution in [2.24, 2.45) is 0 Å². The van der Waals surface area contributed by atoms with E-state index >= 15 is 0 Å². The monoisotopic (exact) mass is 451 g/mol. The number of methoxy groups -OCH3 is 1. The van der Waals surface area contributed by atoms with Gasteiger partial charge in [0.25, 0.3) is 0 Å². The molecule has 0 bridgehead atoms. The van der Waals surface area contributed by atoms with Crippen molar-refractivity contribution < 1.29 is 13.2 Å². The van der Waals surface area contributed by atoms with Crippen molar-refractivity contribution in [1.82, 2.24) is 19.3 Å². The lowest BCUT2D eigenvalue weighted by atomic mass is 10.1. The molecule has 2 aliphatic heterocycles. The second kappa shape index (κ2) is 8.48. The number of nitrogens with zero attached hydrogens (tertiary/aromatic N) is 5. The van der Waals surface area contributed by atoms with Gasteiger partial charge in [-0.25, -0.2) is 18.4 Å². The largest absolute Gasteiger partial charge is 0.497 e. The van der Waals surface area contributed by atoms with Gasteiger partial charge in [-0.1, -0.05) is 12.1 Å². The normalized spacial score (nSPS) is 16.7. The highest BCUT2D eigenvalue weighted by molar-refractivity contribution is 7.89. The smallest absolute Gasteiger partial charge is 0.243 e. The number of hydrogen-bond donors (Lipinski definition) is 0. The van der Waals surface area contributed by atoms with Gasteiger partial charge in [-0.2, -0.15) is 4.31 Å². The van der Waals surface area contributed by atoms with E-state index in [9.17, 15) is 8.42 Å². The number of aromatic nitrogens is 3. The summed E-state index contributed by atoms with van der Waals surface area (Å²) in [5, 5.41) is 0. The summed E-state index contributed by atoms with van der Waals surface area (Å²) in [6, 6.07) is 12.3. The Morgan fingerprint density at radius 3 is 2.59 bits per heavy atom. The first-order valence-corrected chi connectivity index (χ1v) is 12.2. The highest BCUT2D eigenvalue weighted by atomic mass is 32.2. The van der Waals surface area contributed by atoms with Crippen molar-refractivity contribution in [2.75, 3.05) is 31.6 Å². The van der Waals surface area contributed by atoms with Gasteiger partial charge < -0.3 is 9.64 Å². The second-order valence-electron chi connectivity index (χ2n) is 7.97. The minimum atomic E-state index is -3.67. The predicted molar refractivity (Wildman–Crippen MR) is 121 cm³/mol. The van der Waals surface area contributed by atoms with Crippen molar-refractivity contribution in [2.45, 2.75) is 30.7 Å². The quantitative estimate of drug-likeness (QED) is 0.589. The Hall–Kier alpha value is -3.04. The summed E-state index contributed by atoms with van der Waals surface area (Å²) in [4.78, 5) is 16.5. The van der Waals surface area contributed by atoms with Crippen LogP contribution in [0.15, 0.2) is 53.6 Å². The Morgan fingerprint density at radius 1 is 1.00 bits per heavy atom. The molecule has 32 heavy (non-hydrogen) atoms. The first-order valence-electron chi connectivity index (χ1n) is 10.8. The summed E-state index contributed by atoms with van der Waals surface area (Å²) in [5.41, 5.74) is 2.52. The second-order valence-corrected chi connectivity index (χ2v) is 9.91. The standard InChI is InChI=1S/C23H25N5O3S/c1-31-17-7-6-8-18(15-17)32(29,30)28-14-10-20-19(16-28)23(27-12-4-5-13-27)26-22(25-20)21-9-2-3-11-24-21/h2-3,6-9,11,15H,4-5,10,12-14,16H2,1H3. The van der Waals surface area contributed by atoms with Crippen LogP contribution in [-0.4, -0.2) is 54.4 Å². The van der Waals surface area contributed by atoms with Gasteiger partial charge in [0, 0.05) is 50.4 Å². The van der Waals surface area contributed by atoms with Crippen LogP contribution in [0.3, 0.4) is 0 Å². The average Bonchev–Trinajstić information content (AvgIpc) is 3.38. The van der Waals surface area contributed by atoms with Gasteiger partial charge in [0.05, 0.1) is 17.7 Å². The Kier molecular flexibility index (Phi) is 5.52. The molecule has 0 aliphatic carbocycles. The molecule has 0 saturated carbocycles. The van der Waals surface area contributed by atoms with Crippen molar-refractivity contribution >= 4 is 15.8 Å². The molecule has 0 atom stereocenters. The molecule has 4 heterocycles. The molecule has 166 valence electrons. The lowest BCUT2D eigenvalue weighted by Crippen LogP contribution is -2.38. The van der Waals surface area contributed by atoms with Crippen molar-refractivity contribution in [3.63, 3.8) is 0 Å². The third kappa shape index (κ3) is 3.82. The molecule has 0 spiro atoms. The molecule has 0 amide bonds. The minimum absolute atomic E-state index is 0.231. The van der Waals surface area contributed by atoms with Gasteiger partial charge in [0.15, 0.2) is 5.82 Å². The van der Waals surface area contributed by atoms with E-state index in [1.807, 2.05) is 18.2 Å². The summed E-state index contributed by atoms with van der Waals surface area (Å²) >= 11 is 0.